The molecule has 0 spiro atoms. The summed E-state index contributed by atoms with van der Waals surface area (Å²) in [5.41, 5.74) is -0.965. The van der Waals surface area contributed by atoms with Gasteiger partial charge in [-0.1, -0.05) is 6.07 Å². The van der Waals surface area contributed by atoms with Crippen molar-refractivity contribution in [2.45, 2.75) is 33.0 Å². The van der Waals surface area contributed by atoms with Crippen LogP contribution in [-0.4, -0.2) is 30.4 Å². The van der Waals surface area contributed by atoms with Gasteiger partial charge in [0.1, 0.15) is 0 Å². The zero-order valence-electron chi connectivity index (χ0n) is 12.0. The van der Waals surface area contributed by atoms with E-state index in [4.69, 9.17) is 0 Å². The molecule has 0 saturated carbocycles. The van der Waals surface area contributed by atoms with Gasteiger partial charge in [-0.15, -0.1) is 0 Å². The second-order valence-corrected chi connectivity index (χ2v) is 4.66. The molecule has 0 fully saturated rings. The van der Waals surface area contributed by atoms with Crippen LogP contribution in [0.3, 0.4) is 0 Å². The summed E-state index contributed by atoms with van der Waals surface area (Å²) in [6, 6.07) is 3.56. The minimum atomic E-state index is -4.50. The summed E-state index contributed by atoms with van der Waals surface area (Å²) in [5, 5.41) is 2.50. The molecule has 1 aromatic carbocycles. The Bertz CT molecular complexity index is 484. The minimum absolute atomic E-state index is 0.0397. The molecular formula is C14H19F3N2O. The number of nitrogens with one attached hydrogen (secondary N) is 1. The van der Waals surface area contributed by atoms with E-state index in [-0.39, 0.29) is 17.3 Å². The Morgan fingerprint density at radius 1 is 1.35 bits per heavy atom. The number of halogens is 3. The van der Waals surface area contributed by atoms with Crippen molar-refractivity contribution in [3.63, 3.8) is 0 Å². The lowest BCUT2D eigenvalue weighted by atomic mass is 10.0. The number of amides is 1. The van der Waals surface area contributed by atoms with E-state index in [9.17, 15) is 18.0 Å². The lowest BCUT2D eigenvalue weighted by Gasteiger charge is -2.27. The number of carbonyl (C=O) groups is 1. The Kier molecular flexibility index (Phi) is 5.03. The summed E-state index contributed by atoms with van der Waals surface area (Å²) in [4.78, 5) is 13.9. The fourth-order valence-corrected chi connectivity index (χ4v) is 2.13. The standard InChI is InChI=1S/C14H19F3N2O/c1-5-19(9(2)3)13(20)10-7-6-8-11(12(10)18-4)14(15,16)17/h6-9,18H,5H2,1-4H3. The van der Waals surface area contributed by atoms with Gasteiger partial charge in [-0.25, -0.2) is 0 Å². The molecule has 112 valence electrons. The SMILES string of the molecule is CCN(C(=O)c1cccc(C(F)(F)F)c1NC)C(C)C. The molecule has 1 N–H and O–H groups in total. The summed E-state index contributed by atoms with van der Waals surface area (Å²) in [7, 11) is 1.38. The van der Waals surface area contributed by atoms with Gasteiger partial charge in [-0.2, -0.15) is 13.2 Å². The first-order valence-electron chi connectivity index (χ1n) is 6.42. The quantitative estimate of drug-likeness (QED) is 0.917. The van der Waals surface area contributed by atoms with Gasteiger partial charge in [0, 0.05) is 19.6 Å². The van der Waals surface area contributed by atoms with Gasteiger partial charge in [0.15, 0.2) is 0 Å². The monoisotopic (exact) mass is 288 g/mol. The van der Waals surface area contributed by atoms with Crippen molar-refractivity contribution < 1.29 is 18.0 Å². The number of benzene rings is 1. The number of hydrogen-bond donors (Lipinski definition) is 1. The summed E-state index contributed by atoms with van der Waals surface area (Å²) < 4.78 is 38.9. The average molecular weight is 288 g/mol. The highest BCUT2D eigenvalue weighted by Crippen LogP contribution is 2.36. The van der Waals surface area contributed by atoms with Crippen molar-refractivity contribution in [2.75, 3.05) is 18.9 Å². The van der Waals surface area contributed by atoms with Gasteiger partial charge in [0.2, 0.25) is 0 Å². The van der Waals surface area contributed by atoms with E-state index in [0.717, 1.165) is 6.07 Å². The molecule has 0 aliphatic rings. The Hall–Kier alpha value is -1.72. The van der Waals surface area contributed by atoms with Gasteiger partial charge in [0.25, 0.3) is 5.91 Å². The number of hydrogen-bond acceptors (Lipinski definition) is 2. The molecule has 3 nitrogen and oxygen atoms in total. The summed E-state index contributed by atoms with van der Waals surface area (Å²) in [5.74, 6) is -0.405. The van der Waals surface area contributed by atoms with Crippen molar-refractivity contribution in [1.29, 1.82) is 0 Å². The number of nitrogens with zero attached hydrogens (tertiary/aromatic N) is 1. The normalized spacial score (nSPS) is 11.6. The lowest BCUT2D eigenvalue weighted by Crippen LogP contribution is -2.37. The summed E-state index contributed by atoms with van der Waals surface area (Å²) >= 11 is 0. The van der Waals surface area contributed by atoms with E-state index in [1.165, 1.54) is 24.1 Å². The molecule has 0 radical (unpaired) electrons. The van der Waals surface area contributed by atoms with Crippen molar-refractivity contribution in [2.24, 2.45) is 0 Å². The maximum absolute atomic E-state index is 13.0. The van der Waals surface area contributed by atoms with E-state index < -0.39 is 17.6 Å². The molecule has 0 unspecified atom stereocenters. The fraction of sp³-hybridized carbons (Fsp3) is 0.500. The van der Waals surface area contributed by atoms with Crippen LogP contribution >= 0.6 is 0 Å². The van der Waals surface area contributed by atoms with Crippen molar-refractivity contribution >= 4 is 11.6 Å². The van der Waals surface area contributed by atoms with Crippen LogP contribution in [0.25, 0.3) is 0 Å². The van der Waals surface area contributed by atoms with Gasteiger partial charge >= 0.3 is 6.18 Å². The predicted molar refractivity (Wildman–Crippen MR) is 72.8 cm³/mol. The average Bonchev–Trinajstić information content (AvgIpc) is 2.36. The third kappa shape index (κ3) is 3.23. The number of alkyl halides is 3. The third-order valence-electron chi connectivity index (χ3n) is 3.08. The number of carbonyl (C=O) groups excluding carboxylic acids is 1. The second-order valence-electron chi connectivity index (χ2n) is 4.66. The van der Waals surface area contributed by atoms with Crippen LogP contribution in [0.1, 0.15) is 36.7 Å². The number of rotatable bonds is 4. The maximum Gasteiger partial charge on any atom is 0.418 e. The molecule has 1 aromatic rings. The summed E-state index contributed by atoms with van der Waals surface area (Å²) in [6.45, 7) is 5.89. The summed E-state index contributed by atoms with van der Waals surface area (Å²) in [6.07, 6.45) is -4.50. The van der Waals surface area contributed by atoms with Crippen LogP contribution in [0.5, 0.6) is 0 Å². The van der Waals surface area contributed by atoms with Gasteiger partial charge in [-0.05, 0) is 32.9 Å². The molecule has 0 aromatic heterocycles. The van der Waals surface area contributed by atoms with E-state index in [1.54, 1.807) is 6.92 Å². The van der Waals surface area contributed by atoms with Gasteiger partial charge < -0.3 is 10.2 Å². The first-order valence-corrected chi connectivity index (χ1v) is 6.42. The lowest BCUT2D eigenvalue weighted by molar-refractivity contribution is -0.136. The van der Waals surface area contributed by atoms with Gasteiger partial charge in [0.05, 0.1) is 16.8 Å². The van der Waals surface area contributed by atoms with E-state index in [1.807, 2.05) is 13.8 Å². The highest BCUT2D eigenvalue weighted by Gasteiger charge is 2.35. The zero-order valence-corrected chi connectivity index (χ0v) is 12.0. The predicted octanol–water partition coefficient (Wildman–Crippen LogP) is 3.62. The Morgan fingerprint density at radius 3 is 2.35 bits per heavy atom. The third-order valence-corrected chi connectivity index (χ3v) is 3.08. The van der Waals surface area contributed by atoms with Crippen molar-refractivity contribution in [3.8, 4) is 0 Å². The molecule has 0 bridgehead atoms. The van der Waals surface area contributed by atoms with Crippen LogP contribution in [-0.2, 0) is 6.18 Å². The first-order chi connectivity index (χ1) is 9.23. The van der Waals surface area contributed by atoms with Crippen LogP contribution in [0.15, 0.2) is 18.2 Å². The molecule has 0 atom stereocenters. The molecular weight excluding hydrogens is 269 g/mol. The molecule has 0 heterocycles. The number of anilines is 1. The maximum atomic E-state index is 13.0. The van der Waals surface area contributed by atoms with Crippen LogP contribution in [0, 0.1) is 0 Å². The molecule has 0 saturated heterocycles. The molecule has 0 aliphatic carbocycles. The molecule has 1 rings (SSSR count). The minimum Gasteiger partial charge on any atom is -0.387 e. The van der Waals surface area contributed by atoms with E-state index in [0.29, 0.717) is 6.54 Å². The first kappa shape index (κ1) is 16.3. The van der Waals surface area contributed by atoms with Crippen LogP contribution < -0.4 is 5.32 Å². The van der Waals surface area contributed by atoms with Crippen LogP contribution in [0.4, 0.5) is 18.9 Å². The zero-order chi connectivity index (χ0) is 15.5. The Labute approximate surface area is 116 Å². The van der Waals surface area contributed by atoms with Crippen molar-refractivity contribution in [3.05, 3.63) is 29.3 Å². The largest absolute Gasteiger partial charge is 0.418 e. The molecule has 0 aliphatic heterocycles. The Morgan fingerprint density at radius 2 is 1.95 bits per heavy atom. The highest BCUT2D eigenvalue weighted by molar-refractivity contribution is 6.00. The van der Waals surface area contributed by atoms with Crippen molar-refractivity contribution in [1.82, 2.24) is 4.90 Å². The molecule has 20 heavy (non-hydrogen) atoms. The topological polar surface area (TPSA) is 32.3 Å². The van der Waals surface area contributed by atoms with E-state index >= 15 is 0 Å². The fourth-order valence-electron chi connectivity index (χ4n) is 2.13. The molecule has 1 amide bonds. The highest BCUT2D eigenvalue weighted by atomic mass is 19.4. The van der Waals surface area contributed by atoms with E-state index in [2.05, 4.69) is 5.32 Å². The Balaban J connectivity index is 3.35. The number of para-hydroxylation sites is 1. The second kappa shape index (κ2) is 6.15. The molecule has 6 heteroatoms. The van der Waals surface area contributed by atoms with Gasteiger partial charge in [-0.3, -0.25) is 4.79 Å². The van der Waals surface area contributed by atoms with Crippen LogP contribution in [0.2, 0.25) is 0 Å². The smallest absolute Gasteiger partial charge is 0.387 e.